The summed E-state index contributed by atoms with van der Waals surface area (Å²) in [7, 11) is 0. The van der Waals surface area contributed by atoms with Gasteiger partial charge in [-0.15, -0.1) is 0 Å². The van der Waals surface area contributed by atoms with Crippen LogP contribution < -0.4 is 5.32 Å². The minimum atomic E-state index is -0.246. The van der Waals surface area contributed by atoms with Crippen LogP contribution in [0.5, 0.6) is 5.75 Å². The Morgan fingerprint density at radius 3 is 2.65 bits per heavy atom. The van der Waals surface area contributed by atoms with Crippen molar-refractivity contribution in [3.8, 4) is 5.75 Å². The van der Waals surface area contributed by atoms with Crippen LogP contribution in [-0.2, 0) is 0 Å². The quantitative estimate of drug-likeness (QED) is 0.726. The van der Waals surface area contributed by atoms with Gasteiger partial charge in [0.15, 0.2) is 0 Å². The third-order valence-corrected chi connectivity index (χ3v) is 3.62. The zero-order chi connectivity index (χ0) is 13.0. The fourth-order valence-electron chi connectivity index (χ4n) is 1.24. The number of hydrogen-bond acceptors (Lipinski definition) is 3. The minimum Gasteiger partial charge on any atom is -0.507 e. The monoisotopic (exact) mass is 349 g/mol. The van der Waals surface area contributed by atoms with Gasteiger partial charge in [0.05, 0.1) is 3.57 Å². The second kappa shape index (κ2) is 6.20. The molecule has 1 rings (SSSR count). The van der Waals surface area contributed by atoms with E-state index < -0.39 is 0 Å². The lowest BCUT2D eigenvalue weighted by Gasteiger charge is -2.19. The van der Waals surface area contributed by atoms with Crippen LogP contribution >= 0.6 is 22.6 Å². The highest BCUT2D eigenvalue weighted by Gasteiger charge is 2.15. The minimum absolute atomic E-state index is 0.00334. The molecule has 0 saturated carbocycles. The van der Waals surface area contributed by atoms with Gasteiger partial charge in [0.2, 0.25) is 0 Å². The van der Waals surface area contributed by atoms with Crippen LogP contribution in [0.25, 0.3) is 0 Å². The number of nitrogens with one attached hydrogen (secondary N) is 1. The summed E-state index contributed by atoms with van der Waals surface area (Å²) in [5.41, 5.74) is 0.417. The Kier molecular flexibility index (Phi) is 5.20. The second-order valence-electron chi connectivity index (χ2n) is 4.09. The van der Waals surface area contributed by atoms with E-state index in [1.54, 1.807) is 12.1 Å². The number of benzene rings is 1. The number of aromatic hydroxyl groups is 1. The molecule has 3 N–H and O–H groups in total. The van der Waals surface area contributed by atoms with E-state index in [1.807, 2.05) is 36.4 Å². The van der Waals surface area contributed by atoms with Crippen LogP contribution in [0.3, 0.4) is 0 Å². The van der Waals surface area contributed by atoms with E-state index in [2.05, 4.69) is 5.32 Å². The summed E-state index contributed by atoms with van der Waals surface area (Å²) in [6.45, 7) is 3.72. The Balaban J connectivity index is 2.73. The van der Waals surface area contributed by atoms with Gasteiger partial charge in [-0.05, 0) is 53.6 Å². The van der Waals surface area contributed by atoms with Crippen LogP contribution in [0.4, 0.5) is 0 Å². The fourth-order valence-corrected chi connectivity index (χ4v) is 1.58. The molecular weight excluding hydrogens is 333 g/mol. The van der Waals surface area contributed by atoms with Crippen LogP contribution in [0.1, 0.15) is 24.2 Å². The molecule has 2 unspecified atom stereocenters. The number of rotatable bonds is 4. The molecular formula is C12H16INO3. The van der Waals surface area contributed by atoms with Crippen LogP contribution in [0.15, 0.2) is 18.2 Å². The van der Waals surface area contributed by atoms with Crippen molar-refractivity contribution in [2.45, 2.75) is 19.9 Å². The highest BCUT2D eigenvalue weighted by Crippen LogP contribution is 2.20. The molecule has 0 heterocycles. The maximum atomic E-state index is 11.8. The van der Waals surface area contributed by atoms with Crippen molar-refractivity contribution >= 4 is 28.5 Å². The van der Waals surface area contributed by atoms with Crippen LogP contribution in [-0.4, -0.2) is 28.8 Å². The first-order valence-corrected chi connectivity index (χ1v) is 6.43. The van der Waals surface area contributed by atoms with Crippen LogP contribution in [0, 0.1) is 9.49 Å². The Hall–Kier alpha value is -0.820. The molecule has 1 aromatic rings. The van der Waals surface area contributed by atoms with Gasteiger partial charge >= 0.3 is 0 Å². The standard InChI is InChI=1S/C12H16INO3/c1-7(6-15)8(2)14-12(17)9-3-4-10(13)11(16)5-9/h3-5,7-8,15-16H,6H2,1-2H3,(H,14,17). The van der Waals surface area contributed by atoms with Crippen molar-refractivity contribution in [1.29, 1.82) is 0 Å². The maximum Gasteiger partial charge on any atom is 0.251 e. The Bertz CT molecular complexity index is 409. The number of phenolic OH excluding ortho intramolecular Hbond substituents is 1. The maximum absolute atomic E-state index is 11.8. The first kappa shape index (κ1) is 14.2. The number of carbonyl (C=O) groups excluding carboxylic acids is 1. The number of carbonyl (C=O) groups is 1. The predicted molar refractivity (Wildman–Crippen MR) is 74.0 cm³/mol. The molecule has 0 fully saturated rings. The first-order valence-electron chi connectivity index (χ1n) is 5.36. The number of aliphatic hydroxyl groups is 1. The Morgan fingerprint density at radius 1 is 1.47 bits per heavy atom. The molecule has 1 amide bonds. The van der Waals surface area contributed by atoms with Crippen molar-refractivity contribution in [2.24, 2.45) is 5.92 Å². The van der Waals surface area contributed by atoms with Gasteiger partial charge in [-0.3, -0.25) is 4.79 Å². The average Bonchev–Trinajstić information content (AvgIpc) is 2.31. The fraction of sp³-hybridized carbons (Fsp3) is 0.417. The number of hydrogen-bond donors (Lipinski definition) is 3. The van der Waals surface area contributed by atoms with Gasteiger partial charge in [0.1, 0.15) is 5.75 Å². The molecule has 17 heavy (non-hydrogen) atoms. The molecule has 0 bridgehead atoms. The molecule has 0 spiro atoms. The van der Waals surface area contributed by atoms with Gasteiger partial charge in [0, 0.05) is 18.2 Å². The van der Waals surface area contributed by atoms with Crippen molar-refractivity contribution < 1.29 is 15.0 Å². The summed E-state index contributed by atoms with van der Waals surface area (Å²) >= 11 is 1.99. The summed E-state index contributed by atoms with van der Waals surface area (Å²) in [4.78, 5) is 11.8. The number of halogens is 1. The third kappa shape index (κ3) is 3.85. The number of amides is 1. The number of phenols is 1. The zero-order valence-corrected chi connectivity index (χ0v) is 11.9. The lowest BCUT2D eigenvalue weighted by molar-refractivity contribution is 0.0916. The summed E-state index contributed by atoms with van der Waals surface area (Å²) in [6, 6.07) is 4.67. The van der Waals surface area contributed by atoms with Gasteiger partial charge < -0.3 is 15.5 Å². The molecule has 0 aliphatic carbocycles. The molecule has 0 saturated heterocycles. The lowest BCUT2D eigenvalue weighted by Crippen LogP contribution is -2.38. The Labute approximate surface area is 114 Å². The first-order chi connectivity index (χ1) is 7.95. The molecule has 2 atom stereocenters. The van der Waals surface area contributed by atoms with E-state index in [0.717, 1.165) is 0 Å². The third-order valence-electron chi connectivity index (χ3n) is 2.71. The number of aliphatic hydroxyl groups excluding tert-OH is 1. The van der Waals surface area contributed by atoms with Crippen LogP contribution in [0.2, 0.25) is 0 Å². The van der Waals surface area contributed by atoms with Gasteiger partial charge in [-0.25, -0.2) is 0 Å². The van der Waals surface area contributed by atoms with Gasteiger partial charge in [-0.2, -0.15) is 0 Å². The predicted octanol–water partition coefficient (Wildman–Crippen LogP) is 1.74. The largest absolute Gasteiger partial charge is 0.507 e. The van der Waals surface area contributed by atoms with Crippen molar-refractivity contribution in [1.82, 2.24) is 5.32 Å². The summed E-state index contributed by atoms with van der Waals surface area (Å²) in [5, 5.41) is 21.3. The van der Waals surface area contributed by atoms with Crippen molar-refractivity contribution in [3.63, 3.8) is 0 Å². The van der Waals surface area contributed by atoms with Gasteiger partial charge in [-0.1, -0.05) is 6.92 Å². The van der Waals surface area contributed by atoms with E-state index >= 15 is 0 Å². The molecule has 5 heteroatoms. The molecule has 0 aromatic heterocycles. The zero-order valence-electron chi connectivity index (χ0n) is 9.77. The molecule has 94 valence electrons. The highest BCUT2D eigenvalue weighted by atomic mass is 127. The Morgan fingerprint density at radius 2 is 2.12 bits per heavy atom. The van der Waals surface area contributed by atoms with Crippen molar-refractivity contribution in [3.05, 3.63) is 27.3 Å². The summed E-state index contributed by atoms with van der Waals surface area (Å²) in [6.07, 6.45) is 0. The van der Waals surface area contributed by atoms with E-state index in [9.17, 15) is 9.90 Å². The van der Waals surface area contributed by atoms with E-state index in [4.69, 9.17) is 5.11 Å². The molecule has 0 radical (unpaired) electrons. The smallest absolute Gasteiger partial charge is 0.251 e. The molecule has 0 aliphatic rings. The van der Waals surface area contributed by atoms with Crippen molar-refractivity contribution in [2.75, 3.05) is 6.61 Å². The summed E-state index contributed by atoms with van der Waals surface area (Å²) < 4.78 is 0.705. The summed E-state index contributed by atoms with van der Waals surface area (Å²) in [5.74, 6) is -0.151. The molecule has 0 aliphatic heterocycles. The molecule has 4 nitrogen and oxygen atoms in total. The topological polar surface area (TPSA) is 69.6 Å². The van der Waals surface area contributed by atoms with E-state index in [-0.39, 0.29) is 30.2 Å². The average molecular weight is 349 g/mol. The van der Waals surface area contributed by atoms with Gasteiger partial charge in [0.25, 0.3) is 5.91 Å². The lowest BCUT2D eigenvalue weighted by atomic mass is 10.0. The normalized spacial score (nSPS) is 14.1. The highest BCUT2D eigenvalue weighted by molar-refractivity contribution is 14.1. The SMILES string of the molecule is CC(CO)C(C)NC(=O)c1ccc(I)c(O)c1. The second-order valence-corrected chi connectivity index (χ2v) is 5.25. The molecule has 1 aromatic carbocycles. The van der Waals surface area contributed by atoms with E-state index in [1.165, 1.54) is 6.07 Å². The van der Waals surface area contributed by atoms with E-state index in [0.29, 0.717) is 9.13 Å².